The second kappa shape index (κ2) is 5.77. The lowest BCUT2D eigenvalue weighted by atomic mass is 10.0. The summed E-state index contributed by atoms with van der Waals surface area (Å²) in [5.74, 6) is 0.693. The number of anilines is 1. The van der Waals surface area contributed by atoms with E-state index in [2.05, 4.69) is 61.5 Å². The predicted molar refractivity (Wildman–Crippen MR) is 86.0 cm³/mol. The Morgan fingerprint density at radius 3 is 2.75 bits per heavy atom. The molecule has 3 aromatic rings. The summed E-state index contributed by atoms with van der Waals surface area (Å²) < 4.78 is 0.682. The zero-order valence-corrected chi connectivity index (χ0v) is 12.8. The molecule has 0 saturated heterocycles. The van der Waals surface area contributed by atoms with Crippen LogP contribution < -0.4 is 5.32 Å². The van der Waals surface area contributed by atoms with Crippen LogP contribution in [0.5, 0.6) is 0 Å². The van der Waals surface area contributed by atoms with Gasteiger partial charge in [0.05, 0.1) is 4.47 Å². The first-order valence-corrected chi connectivity index (χ1v) is 7.29. The molecule has 0 saturated carbocycles. The molecule has 1 heterocycles. The fourth-order valence-electron chi connectivity index (χ4n) is 2.10. The van der Waals surface area contributed by atoms with Crippen molar-refractivity contribution in [3.8, 4) is 0 Å². The maximum absolute atomic E-state index is 5.95. The fraction of sp³-hybridized carbons (Fsp3) is 0.0667. The Labute approximate surface area is 130 Å². The summed E-state index contributed by atoms with van der Waals surface area (Å²) in [7, 11) is 0. The monoisotopic (exact) mass is 347 g/mol. The molecular weight excluding hydrogens is 338 g/mol. The van der Waals surface area contributed by atoms with E-state index in [1.807, 2.05) is 12.1 Å². The van der Waals surface area contributed by atoms with Gasteiger partial charge in [0.25, 0.3) is 0 Å². The quantitative estimate of drug-likeness (QED) is 0.700. The molecule has 1 N–H and O–H groups in total. The van der Waals surface area contributed by atoms with Gasteiger partial charge in [-0.05, 0) is 32.3 Å². The number of nitrogens with zero attached hydrogens (tertiary/aromatic N) is 2. The largest absolute Gasteiger partial charge is 0.365 e. The van der Waals surface area contributed by atoms with Crippen LogP contribution in [-0.4, -0.2) is 9.97 Å². The van der Waals surface area contributed by atoms with E-state index in [1.54, 1.807) is 0 Å². The van der Waals surface area contributed by atoms with Crippen LogP contribution in [0.3, 0.4) is 0 Å². The molecule has 0 bridgehead atoms. The molecule has 3 nitrogen and oxygen atoms in total. The van der Waals surface area contributed by atoms with E-state index in [0.29, 0.717) is 22.0 Å². The lowest BCUT2D eigenvalue weighted by Crippen LogP contribution is -2.03. The maximum atomic E-state index is 5.95. The Bertz CT molecular complexity index is 756. The molecule has 1 aromatic heterocycles. The zero-order chi connectivity index (χ0) is 13.9. The number of nitrogens with one attached hydrogen (secondary N) is 1. The summed E-state index contributed by atoms with van der Waals surface area (Å²) in [5, 5.41) is 6.15. The van der Waals surface area contributed by atoms with Crippen molar-refractivity contribution < 1.29 is 0 Å². The first-order valence-electron chi connectivity index (χ1n) is 6.12. The molecule has 20 heavy (non-hydrogen) atoms. The first kappa shape index (κ1) is 13.3. The van der Waals surface area contributed by atoms with Gasteiger partial charge in [0.1, 0.15) is 17.3 Å². The van der Waals surface area contributed by atoms with E-state index in [-0.39, 0.29) is 0 Å². The van der Waals surface area contributed by atoms with E-state index in [4.69, 9.17) is 11.6 Å². The van der Waals surface area contributed by atoms with Crippen molar-refractivity contribution in [2.24, 2.45) is 0 Å². The van der Waals surface area contributed by atoms with Crippen molar-refractivity contribution in [1.29, 1.82) is 0 Å². The highest BCUT2D eigenvalue weighted by Crippen LogP contribution is 2.27. The molecule has 0 fully saturated rings. The molecule has 5 heteroatoms. The lowest BCUT2D eigenvalue weighted by Gasteiger charge is -2.10. The van der Waals surface area contributed by atoms with Crippen LogP contribution in [0, 0.1) is 0 Å². The van der Waals surface area contributed by atoms with Crippen LogP contribution in [-0.2, 0) is 6.54 Å². The Hall–Kier alpha value is -1.65. The zero-order valence-electron chi connectivity index (χ0n) is 10.5. The van der Waals surface area contributed by atoms with Gasteiger partial charge in [0.15, 0.2) is 0 Å². The van der Waals surface area contributed by atoms with E-state index in [1.165, 1.54) is 22.7 Å². The number of rotatable bonds is 3. The van der Waals surface area contributed by atoms with Gasteiger partial charge in [-0.1, -0.05) is 54.1 Å². The maximum Gasteiger partial charge on any atom is 0.148 e. The van der Waals surface area contributed by atoms with Gasteiger partial charge >= 0.3 is 0 Å². The SMILES string of the molecule is Clc1ncnc(NCc2cccc3ccccc23)c1Br. The van der Waals surface area contributed by atoms with E-state index >= 15 is 0 Å². The average molecular weight is 349 g/mol. The minimum absolute atomic E-state index is 0.403. The van der Waals surface area contributed by atoms with Crippen LogP contribution in [0.4, 0.5) is 5.82 Å². The number of halogens is 2. The van der Waals surface area contributed by atoms with Gasteiger partial charge in [0, 0.05) is 6.54 Å². The van der Waals surface area contributed by atoms with Gasteiger partial charge < -0.3 is 5.32 Å². The molecular formula is C15H11BrClN3. The summed E-state index contributed by atoms with van der Waals surface area (Å²) in [4.78, 5) is 8.09. The number of hydrogen-bond donors (Lipinski definition) is 1. The highest BCUT2D eigenvalue weighted by molar-refractivity contribution is 9.10. The Balaban J connectivity index is 1.89. The van der Waals surface area contributed by atoms with Crippen molar-refractivity contribution in [3.63, 3.8) is 0 Å². The van der Waals surface area contributed by atoms with Crippen molar-refractivity contribution >= 4 is 44.1 Å². The molecule has 0 unspecified atom stereocenters. The molecule has 3 rings (SSSR count). The van der Waals surface area contributed by atoms with E-state index in [9.17, 15) is 0 Å². The summed E-state index contributed by atoms with van der Waals surface area (Å²) in [5.41, 5.74) is 1.21. The number of benzene rings is 2. The normalized spacial score (nSPS) is 10.7. The smallest absolute Gasteiger partial charge is 0.148 e. The summed E-state index contributed by atoms with van der Waals surface area (Å²) in [6.07, 6.45) is 1.44. The standard InChI is InChI=1S/C15H11BrClN3/c16-13-14(17)19-9-20-15(13)18-8-11-6-3-5-10-4-1-2-7-12(10)11/h1-7,9H,8H2,(H,18,19,20). The van der Waals surface area contributed by atoms with Gasteiger partial charge in [-0.25, -0.2) is 9.97 Å². The van der Waals surface area contributed by atoms with Crippen molar-refractivity contribution in [1.82, 2.24) is 9.97 Å². The van der Waals surface area contributed by atoms with Crippen LogP contribution in [0.2, 0.25) is 5.15 Å². The van der Waals surface area contributed by atoms with Crippen LogP contribution in [0.1, 0.15) is 5.56 Å². The minimum atomic E-state index is 0.403. The average Bonchev–Trinajstić information content (AvgIpc) is 2.49. The highest BCUT2D eigenvalue weighted by atomic mass is 79.9. The van der Waals surface area contributed by atoms with Gasteiger partial charge in [-0.15, -0.1) is 0 Å². The van der Waals surface area contributed by atoms with Gasteiger partial charge in [-0.2, -0.15) is 0 Å². The highest BCUT2D eigenvalue weighted by Gasteiger charge is 2.07. The van der Waals surface area contributed by atoms with Crippen molar-refractivity contribution in [2.45, 2.75) is 6.54 Å². The van der Waals surface area contributed by atoms with Crippen LogP contribution in [0.15, 0.2) is 53.3 Å². The molecule has 0 atom stereocenters. The van der Waals surface area contributed by atoms with E-state index < -0.39 is 0 Å². The number of hydrogen-bond acceptors (Lipinski definition) is 3. The third kappa shape index (κ3) is 2.62. The molecule has 2 aromatic carbocycles. The second-order valence-corrected chi connectivity index (χ2v) is 5.47. The molecule has 0 aliphatic rings. The Kier molecular flexibility index (Phi) is 3.85. The number of aromatic nitrogens is 2. The van der Waals surface area contributed by atoms with E-state index in [0.717, 1.165) is 0 Å². The van der Waals surface area contributed by atoms with Gasteiger partial charge in [0.2, 0.25) is 0 Å². The molecule has 0 radical (unpaired) electrons. The molecule has 0 amide bonds. The first-order chi connectivity index (χ1) is 9.75. The Morgan fingerprint density at radius 2 is 1.85 bits per heavy atom. The molecule has 0 aliphatic heterocycles. The molecule has 0 aliphatic carbocycles. The van der Waals surface area contributed by atoms with Gasteiger partial charge in [-0.3, -0.25) is 0 Å². The third-order valence-electron chi connectivity index (χ3n) is 3.07. The van der Waals surface area contributed by atoms with Crippen molar-refractivity contribution in [2.75, 3.05) is 5.32 Å². The van der Waals surface area contributed by atoms with Crippen LogP contribution >= 0.6 is 27.5 Å². The predicted octanol–water partition coefficient (Wildman–Crippen LogP) is 4.66. The molecule has 0 spiro atoms. The fourth-order valence-corrected chi connectivity index (χ4v) is 2.58. The second-order valence-electron chi connectivity index (χ2n) is 4.32. The minimum Gasteiger partial charge on any atom is -0.365 e. The lowest BCUT2D eigenvalue weighted by molar-refractivity contribution is 1.08. The van der Waals surface area contributed by atoms with Crippen molar-refractivity contribution in [3.05, 3.63) is 64.0 Å². The summed E-state index contributed by atoms with van der Waals surface area (Å²) in [6.45, 7) is 0.674. The molecule has 100 valence electrons. The number of fused-ring (bicyclic) bond motifs is 1. The Morgan fingerprint density at radius 1 is 1.05 bits per heavy atom. The summed E-state index contributed by atoms with van der Waals surface area (Å²) in [6, 6.07) is 14.6. The van der Waals surface area contributed by atoms with Crippen LogP contribution in [0.25, 0.3) is 10.8 Å². The topological polar surface area (TPSA) is 37.8 Å². The summed E-state index contributed by atoms with van der Waals surface area (Å²) >= 11 is 9.34. The third-order valence-corrected chi connectivity index (χ3v) is 4.34.